The van der Waals surface area contributed by atoms with Gasteiger partial charge in [-0.3, -0.25) is 19.3 Å². The number of hydrogen-bond acceptors (Lipinski definition) is 7. The third-order valence-electron chi connectivity index (χ3n) is 4.58. The molecule has 2 N–H and O–H groups in total. The van der Waals surface area contributed by atoms with Crippen molar-refractivity contribution in [3.8, 4) is 5.75 Å². The fraction of sp³-hybridized carbons (Fsp3) is 0.0909. The van der Waals surface area contributed by atoms with Crippen molar-refractivity contribution in [2.45, 2.75) is 6.92 Å². The Labute approximate surface area is 180 Å². The zero-order chi connectivity index (χ0) is 22.1. The molecule has 1 aliphatic rings. The minimum absolute atomic E-state index is 0.0359. The monoisotopic (exact) mass is 436 g/mol. The Balaban J connectivity index is 1.48. The van der Waals surface area contributed by atoms with Crippen molar-refractivity contribution in [1.29, 1.82) is 0 Å². The normalized spacial score (nSPS) is 15.1. The highest BCUT2D eigenvalue weighted by Crippen LogP contribution is 2.32. The van der Waals surface area contributed by atoms with Crippen molar-refractivity contribution in [2.24, 2.45) is 0 Å². The summed E-state index contributed by atoms with van der Waals surface area (Å²) in [5, 5.41) is 12.3. The molecule has 2 aromatic carbocycles. The van der Waals surface area contributed by atoms with Crippen LogP contribution in [0.1, 0.15) is 11.1 Å². The summed E-state index contributed by atoms with van der Waals surface area (Å²) in [6.07, 6.45) is 1.48. The first-order chi connectivity index (χ1) is 14.8. The lowest BCUT2D eigenvalue weighted by Gasteiger charge is -2.12. The molecule has 2 heterocycles. The molecule has 3 aromatic rings. The predicted molar refractivity (Wildman–Crippen MR) is 117 cm³/mol. The van der Waals surface area contributed by atoms with E-state index in [1.54, 1.807) is 31.2 Å². The van der Waals surface area contributed by atoms with E-state index in [9.17, 15) is 24.3 Å². The van der Waals surface area contributed by atoms with Crippen molar-refractivity contribution < 1.29 is 23.9 Å². The maximum atomic E-state index is 12.6. The fourth-order valence-electron chi connectivity index (χ4n) is 3.15. The number of carbonyl (C=O) groups excluding carboxylic acids is 3. The van der Waals surface area contributed by atoms with Crippen LogP contribution in [0.25, 0.3) is 17.0 Å². The molecule has 0 radical (unpaired) electrons. The van der Waals surface area contributed by atoms with E-state index >= 15 is 0 Å². The average molecular weight is 436 g/mol. The van der Waals surface area contributed by atoms with E-state index in [-0.39, 0.29) is 10.7 Å². The van der Waals surface area contributed by atoms with E-state index in [4.69, 9.17) is 4.42 Å². The summed E-state index contributed by atoms with van der Waals surface area (Å²) >= 11 is 0.723. The second-order valence-electron chi connectivity index (χ2n) is 6.87. The number of rotatable bonds is 4. The molecule has 1 aliphatic heterocycles. The van der Waals surface area contributed by atoms with Gasteiger partial charge in [0.1, 0.15) is 17.9 Å². The Morgan fingerprint density at radius 1 is 1.16 bits per heavy atom. The third kappa shape index (κ3) is 4.36. The standard InChI is InChI=1S/C22H16N2O6S/c1-12-7-20(27)30-17-10-14(5-6-16(12)17)23-19(26)11-24-21(28)18(31-22(24)29)9-13-3-2-4-15(25)8-13/h2-10,25H,11H2,1H3,(H,23,26)/b18-9-. The number of benzene rings is 2. The third-order valence-corrected chi connectivity index (χ3v) is 5.49. The molecule has 156 valence electrons. The van der Waals surface area contributed by atoms with Crippen molar-refractivity contribution >= 4 is 51.5 Å². The molecule has 0 atom stereocenters. The maximum Gasteiger partial charge on any atom is 0.336 e. The van der Waals surface area contributed by atoms with Crippen molar-refractivity contribution in [3.63, 3.8) is 0 Å². The molecule has 0 bridgehead atoms. The lowest BCUT2D eigenvalue weighted by atomic mass is 10.1. The first-order valence-electron chi connectivity index (χ1n) is 9.19. The van der Waals surface area contributed by atoms with Gasteiger partial charge in [0.25, 0.3) is 11.1 Å². The lowest BCUT2D eigenvalue weighted by Crippen LogP contribution is -2.36. The number of nitrogens with zero attached hydrogens (tertiary/aromatic N) is 1. The molecular formula is C22H16N2O6S. The van der Waals surface area contributed by atoms with Crippen LogP contribution in [0.2, 0.25) is 0 Å². The highest BCUT2D eigenvalue weighted by Gasteiger charge is 2.36. The van der Waals surface area contributed by atoms with Gasteiger partial charge in [-0.25, -0.2) is 4.79 Å². The molecular weight excluding hydrogens is 420 g/mol. The minimum atomic E-state index is -0.589. The molecule has 1 fully saturated rings. The zero-order valence-electron chi connectivity index (χ0n) is 16.2. The van der Waals surface area contributed by atoms with E-state index in [0.29, 0.717) is 16.8 Å². The number of hydrogen-bond donors (Lipinski definition) is 2. The summed E-state index contributed by atoms with van der Waals surface area (Å²) in [4.78, 5) is 49.8. The first kappa shape index (κ1) is 20.4. The topological polar surface area (TPSA) is 117 Å². The van der Waals surface area contributed by atoms with Crippen LogP contribution in [-0.2, 0) is 9.59 Å². The summed E-state index contributed by atoms with van der Waals surface area (Å²) in [6, 6.07) is 12.5. The molecule has 0 spiro atoms. The summed E-state index contributed by atoms with van der Waals surface area (Å²) in [5.74, 6) is -1.13. The van der Waals surface area contributed by atoms with Crippen LogP contribution < -0.4 is 10.9 Å². The van der Waals surface area contributed by atoms with Gasteiger partial charge < -0.3 is 14.8 Å². The summed E-state index contributed by atoms with van der Waals surface area (Å²) in [6.45, 7) is 1.32. The van der Waals surface area contributed by atoms with Gasteiger partial charge in [0, 0.05) is 23.2 Å². The summed E-state index contributed by atoms with van der Waals surface area (Å²) in [5.41, 5.74) is 1.50. The van der Waals surface area contributed by atoms with Crippen LogP contribution in [0, 0.1) is 6.92 Å². The largest absolute Gasteiger partial charge is 0.508 e. The molecule has 0 saturated carbocycles. The van der Waals surface area contributed by atoms with Gasteiger partial charge in [0.15, 0.2) is 0 Å². The Kier molecular flexibility index (Phi) is 5.35. The molecule has 0 unspecified atom stereocenters. The number of fused-ring (bicyclic) bond motifs is 1. The number of anilines is 1. The number of imide groups is 1. The van der Waals surface area contributed by atoms with Gasteiger partial charge in [-0.2, -0.15) is 0 Å². The van der Waals surface area contributed by atoms with Crippen LogP contribution in [0.4, 0.5) is 10.5 Å². The van der Waals surface area contributed by atoms with Crippen LogP contribution in [0.3, 0.4) is 0 Å². The molecule has 4 rings (SSSR count). The van der Waals surface area contributed by atoms with Gasteiger partial charge >= 0.3 is 5.63 Å². The van der Waals surface area contributed by atoms with Crippen LogP contribution in [0.15, 0.2) is 62.6 Å². The van der Waals surface area contributed by atoms with E-state index in [0.717, 1.165) is 27.6 Å². The van der Waals surface area contributed by atoms with Gasteiger partial charge in [-0.05, 0) is 60.2 Å². The SMILES string of the molecule is Cc1cc(=O)oc2cc(NC(=O)CN3C(=O)S/C(=C\c4cccc(O)c4)C3=O)ccc12. The average Bonchev–Trinajstić information content (AvgIpc) is 2.95. The number of nitrogens with one attached hydrogen (secondary N) is 1. The minimum Gasteiger partial charge on any atom is -0.508 e. The summed E-state index contributed by atoms with van der Waals surface area (Å²) in [7, 11) is 0. The van der Waals surface area contributed by atoms with E-state index < -0.39 is 29.2 Å². The molecule has 9 heteroatoms. The summed E-state index contributed by atoms with van der Waals surface area (Å²) < 4.78 is 5.16. The predicted octanol–water partition coefficient (Wildman–Crippen LogP) is 3.48. The Bertz CT molecular complexity index is 1330. The van der Waals surface area contributed by atoms with E-state index in [1.165, 1.54) is 30.3 Å². The Morgan fingerprint density at radius 2 is 1.97 bits per heavy atom. The van der Waals surface area contributed by atoms with Gasteiger partial charge in [-0.15, -0.1) is 0 Å². The van der Waals surface area contributed by atoms with Crippen LogP contribution in [0.5, 0.6) is 5.75 Å². The molecule has 3 amide bonds. The Hall–Kier alpha value is -3.85. The smallest absolute Gasteiger partial charge is 0.336 e. The number of phenolic OH excluding ortho intramolecular Hbond substituents is 1. The fourth-order valence-corrected chi connectivity index (χ4v) is 3.99. The highest BCUT2D eigenvalue weighted by molar-refractivity contribution is 8.18. The number of thioether (sulfide) groups is 1. The van der Waals surface area contributed by atoms with E-state index in [1.807, 2.05) is 0 Å². The number of aromatic hydroxyl groups is 1. The number of aryl methyl sites for hydroxylation is 1. The quantitative estimate of drug-likeness (QED) is 0.475. The zero-order valence-corrected chi connectivity index (χ0v) is 17.1. The van der Waals surface area contributed by atoms with Gasteiger partial charge in [0.2, 0.25) is 5.91 Å². The molecule has 1 aromatic heterocycles. The van der Waals surface area contributed by atoms with Crippen molar-refractivity contribution in [1.82, 2.24) is 4.90 Å². The number of carbonyl (C=O) groups is 3. The second-order valence-corrected chi connectivity index (χ2v) is 7.86. The molecule has 1 saturated heterocycles. The molecule has 8 nitrogen and oxygen atoms in total. The molecule has 31 heavy (non-hydrogen) atoms. The first-order valence-corrected chi connectivity index (χ1v) is 10.0. The second kappa shape index (κ2) is 8.11. The molecule has 0 aliphatic carbocycles. The highest BCUT2D eigenvalue weighted by atomic mass is 32.2. The lowest BCUT2D eigenvalue weighted by molar-refractivity contribution is -0.127. The van der Waals surface area contributed by atoms with E-state index in [2.05, 4.69) is 5.32 Å². The van der Waals surface area contributed by atoms with Crippen molar-refractivity contribution in [2.75, 3.05) is 11.9 Å². The van der Waals surface area contributed by atoms with Crippen LogP contribution >= 0.6 is 11.8 Å². The maximum absolute atomic E-state index is 12.6. The number of phenols is 1. The number of amides is 3. The van der Waals surface area contributed by atoms with Gasteiger partial charge in [0.05, 0.1) is 4.91 Å². The van der Waals surface area contributed by atoms with Crippen molar-refractivity contribution in [3.05, 3.63) is 75.0 Å². The van der Waals surface area contributed by atoms with Gasteiger partial charge in [-0.1, -0.05) is 12.1 Å². The van der Waals surface area contributed by atoms with Crippen LogP contribution in [-0.4, -0.2) is 33.6 Å². The Morgan fingerprint density at radius 3 is 2.74 bits per heavy atom.